The van der Waals surface area contributed by atoms with Gasteiger partial charge in [0.25, 0.3) is 11.5 Å². The molecule has 0 bridgehead atoms. The van der Waals surface area contributed by atoms with Gasteiger partial charge < -0.3 is 21.3 Å². The summed E-state index contributed by atoms with van der Waals surface area (Å²) in [4.78, 5) is 56.1. The smallest absolute Gasteiger partial charge is 0.326 e. The number of hydrogen-bond acceptors (Lipinski definition) is 8. The molecule has 1 aromatic carbocycles. The number of carboxylic acid groups (broad SMARTS) is 2. The average Bonchev–Trinajstić information content (AvgIpc) is 3.00. The number of nitrogens with zero attached hydrogens (tertiary/aromatic N) is 1. The van der Waals surface area contributed by atoms with E-state index in [-0.39, 0.29) is 29.9 Å². The number of carbonyl (C=O) groups excluding carboxylic acids is 1. The summed E-state index contributed by atoms with van der Waals surface area (Å²) in [5.41, 5.74) is 5.50. The van der Waals surface area contributed by atoms with Crippen molar-refractivity contribution in [2.75, 3.05) is 5.73 Å². The van der Waals surface area contributed by atoms with Gasteiger partial charge in [-0.3, -0.25) is 19.4 Å². The number of nitrogens with two attached hydrogens (primary N) is 1. The first-order chi connectivity index (χ1) is 14.7. The van der Waals surface area contributed by atoms with E-state index in [1.165, 1.54) is 35.2 Å². The van der Waals surface area contributed by atoms with E-state index in [1.54, 1.807) is 12.1 Å². The zero-order valence-corrected chi connectivity index (χ0v) is 17.8. The Hall–Kier alpha value is -3.38. The molecule has 1 atom stereocenters. The van der Waals surface area contributed by atoms with Gasteiger partial charge in [0.1, 0.15) is 10.9 Å². The van der Waals surface area contributed by atoms with Gasteiger partial charge in [0, 0.05) is 26.7 Å². The number of aliphatic carboxylic acids is 2. The Morgan fingerprint density at radius 2 is 1.94 bits per heavy atom. The van der Waals surface area contributed by atoms with E-state index in [2.05, 4.69) is 15.3 Å². The molecule has 1 amide bonds. The van der Waals surface area contributed by atoms with Crippen LogP contribution in [0.2, 0.25) is 0 Å². The summed E-state index contributed by atoms with van der Waals surface area (Å²) < 4.78 is 0. The number of H-pyrrole nitrogens is 1. The lowest BCUT2D eigenvalue weighted by Crippen LogP contribution is -2.41. The predicted molar refractivity (Wildman–Crippen MR) is 116 cm³/mol. The minimum absolute atomic E-state index is 0.0497. The Morgan fingerprint density at radius 3 is 2.55 bits per heavy atom. The number of carbonyl (C=O) groups is 3. The van der Waals surface area contributed by atoms with Gasteiger partial charge in [-0.25, -0.2) is 9.78 Å². The minimum Gasteiger partial charge on any atom is -0.481 e. The fourth-order valence-corrected chi connectivity index (χ4v) is 4.98. The van der Waals surface area contributed by atoms with Crippen molar-refractivity contribution in [1.29, 1.82) is 0 Å². The SMILES string of the molecule is Cc1sc2nc(N)[nH]c(=O)c2c1Sc1ccc(C(=O)N[C@@H](CCC(=O)O)C(=O)O)cc1. The summed E-state index contributed by atoms with van der Waals surface area (Å²) in [6.07, 6.45) is -0.595. The van der Waals surface area contributed by atoms with Crippen LogP contribution in [0.15, 0.2) is 38.9 Å². The molecule has 0 spiro atoms. The van der Waals surface area contributed by atoms with Crippen LogP contribution in [0.1, 0.15) is 28.1 Å². The molecule has 12 heteroatoms. The van der Waals surface area contributed by atoms with Crippen LogP contribution in [0.5, 0.6) is 0 Å². The second-order valence-corrected chi connectivity index (χ2v) is 8.83. The summed E-state index contributed by atoms with van der Waals surface area (Å²) in [5.74, 6) is -3.02. The number of fused-ring (bicyclic) bond motifs is 1. The number of aromatic nitrogens is 2. The van der Waals surface area contributed by atoms with Crippen molar-refractivity contribution in [3.63, 3.8) is 0 Å². The quantitative estimate of drug-likeness (QED) is 0.335. The monoisotopic (exact) mass is 462 g/mol. The van der Waals surface area contributed by atoms with E-state index in [4.69, 9.17) is 10.8 Å². The van der Waals surface area contributed by atoms with Crippen LogP contribution in [0.3, 0.4) is 0 Å². The molecule has 2 heterocycles. The number of aromatic amines is 1. The molecule has 0 aliphatic heterocycles. The van der Waals surface area contributed by atoms with Crippen LogP contribution in [0.25, 0.3) is 10.2 Å². The predicted octanol–water partition coefficient (Wildman–Crippen LogP) is 2.07. The summed E-state index contributed by atoms with van der Waals surface area (Å²) in [6, 6.07) is 5.10. The highest BCUT2D eigenvalue weighted by Gasteiger charge is 2.22. The summed E-state index contributed by atoms with van der Waals surface area (Å²) in [7, 11) is 0. The van der Waals surface area contributed by atoms with Crippen LogP contribution < -0.4 is 16.6 Å². The maximum atomic E-state index is 12.3. The molecule has 0 fully saturated rings. The lowest BCUT2D eigenvalue weighted by molar-refractivity contribution is -0.140. The van der Waals surface area contributed by atoms with Gasteiger partial charge in [-0.05, 0) is 37.6 Å². The molecule has 3 aromatic rings. The second-order valence-electron chi connectivity index (χ2n) is 6.54. The molecular weight excluding hydrogens is 444 g/mol. The zero-order valence-electron chi connectivity index (χ0n) is 16.2. The standard InChI is InChI=1S/C19H18N4O6S2/c1-8-14(13-16(27)22-19(20)23-17(13)30-8)31-10-4-2-9(3-5-10)15(26)21-11(18(28)29)6-7-12(24)25/h2-5,11H,6-7H2,1H3,(H,21,26)(H,24,25)(H,28,29)(H3,20,22,23,27)/t11-/m0/s1. The minimum atomic E-state index is -1.30. The number of carboxylic acids is 2. The Bertz CT molecular complexity index is 1220. The van der Waals surface area contributed by atoms with Gasteiger partial charge in [-0.15, -0.1) is 11.3 Å². The van der Waals surface area contributed by atoms with Crippen molar-refractivity contribution < 1.29 is 24.6 Å². The number of anilines is 1. The van der Waals surface area contributed by atoms with Gasteiger partial charge >= 0.3 is 11.9 Å². The average molecular weight is 463 g/mol. The number of amides is 1. The molecule has 0 aliphatic rings. The lowest BCUT2D eigenvalue weighted by Gasteiger charge is -2.13. The third-order valence-electron chi connectivity index (χ3n) is 4.29. The largest absolute Gasteiger partial charge is 0.481 e. The molecule has 3 rings (SSSR count). The third-order valence-corrected chi connectivity index (χ3v) is 6.64. The molecule has 31 heavy (non-hydrogen) atoms. The van der Waals surface area contributed by atoms with Gasteiger partial charge in [-0.2, -0.15) is 0 Å². The number of aryl methyl sites for hydroxylation is 1. The fraction of sp³-hybridized carbons (Fsp3) is 0.211. The molecule has 0 radical (unpaired) electrons. The fourth-order valence-electron chi connectivity index (χ4n) is 2.79. The van der Waals surface area contributed by atoms with Crippen LogP contribution in [0, 0.1) is 6.92 Å². The van der Waals surface area contributed by atoms with E-state index in [1.807, 2.05) is 6.92 Å². The van der Waals surface area contributed by atoms with Gasteiger partial charge in [0.05, 0.1) is 5.39 Å². The van der Waals surface area contributed by atoms with Crippen LogP contribution in [0.4, 0.5) is 5.95 Å². The lowest BCUT2D eigenvalue weighted by atomic mass is 10.1. The Morgan fingerprint density at radius 1 is 1.26 bits per heavy atom. The topological polar surface area (TPSA) is 175 Å². The van der Waals surface area contributed by atoms with E-state index >= 15 is 0 Å². The van der Waals surface area contributed by atoms with Crippen molar-refractivity contribution in [2.45, 2.75) is 35.6 Å². The molecule has 0 unspecified atom stereocenters. The molecule has 0 saturated carbocycles. The van der Waals surface area contributed by atoms with E-state index < -0.39 is 23.9 Å². The molecular formula is C19H18N4O6S2. The van der Waals surface area contributed by atoms with Crippen molar-refractivity contribution >= 4 is 57.1 Å². The first-order valence-electron chi connectivity index (χ1n) is 8.98. The van der Waals surface area contributed by atoms with E-state index in [0.29, 0.717) is 10.2 Å². The maximum absolute atomic E-state index is 12.3. The summed E-state index contributed by atoms with van der Waals surface area (Å²) >= 11 is 2.70. The van der Waals surface area contributed by atoms with Crippen LogP contribution >= 0.6 is 23.1 Å². The van der Waals surface area contributed by atoms with Crippen LogP contribution in [-0.2, 0) is 9.59 Å². The first-order valence-corrected chi connectivity index (χ1v) is 10.6. The Labute approximate surface area is 183 Å². The first kappa shape index (κ1) is 22.3. The summed E-state index contributed by atoms with van der Waals surface area (Å²) in [5, 5.41) is 20.7. The normalized spacial score (nSPS) is 11.9. The molecule has 0 aliphatic carbocycles. The van der Waals surface area contributed by atoms with E-state index in [0.717, 1.165) is 14.7 Å². The van der Waals surface area contributed by atoms with Crippen molar-refractivity contribution in [3.8, 4) is 0 Å². The third kappa shape index (κ3) is 5.22. The molecule has 0 saturated heterocycles. The van der Waals surface area contributed by atoms with Crippen molar-refractivity contribution in [2.24, 2.45) is 0 Å². The number of thiophene rings is 1. The number of rotatable bonds is 8. The molecule has 10 nitrogen and oxygen atoms in total. The van der Waals surface area contributed by atoms with Crippen molar-refractivity contribution in [1.82, 2.24) is 15.3 Å². The number of benzene rings is 1. The molecule has 2 aromatic heterocycles. The second kappa shape index (κ2) is 9.18. The number of hydrogen-bond donors (Lipinski definition) is 5. The Kier molecular flexibility index (Phi) is 6.61. The van der Waals surface area contributed by atoms with Gasteiger partial charge in [0.2, 0.25) is 5.95 Å². The highest BCUT2D eigenvalue weighted by molar-refractivity contribution is 7.99. The van der Waals surface area contributed by atoms with Crippen molar-refractivity contribution in [3.05, 3.63) is 45.1 Å². The highest BCUT2D eigenvalue weighted by Crippen LogP contribution is 2.39. The number of nitrogens with one attached hydrogen (secondary N) is 2. The number of nitrogen functional groups attached to an aromatic ring is 1. The zero-order chi connectivity index (χ0) is 22.7. The van der Waals surface area contributed by atoms with E-state index in [9.17, 15) is 24.3 Å². The Balaban J connectivity index is 1.76. The van der Waals surface area contributed by atoms with Gasteiger partial charge in [0.15, 0.2) is 0 Å². The molecule has 6 N–H and O–H groups in total. The highest BCUT2D eigenvalue weighted by atomic mass is 32.2. The van der Waals surface area contributed by atoms with Gasteiger partial charge in [-0.1, -0.05) is 11.8 Å². The molecule has 162 valence electrons. The summed E-state index contributed by atoms with van der Waals surface area (Å²) in [6.45, 7) is 1.87. The van der Waals surface area contributed by atoms with Crippen LogP contribution in [-0.4, -0.2) is 44.1 Å². The maximum Gasteiger partial charge on any atom is 0.326 e.